The van der Waals surface area contributed by atoms with Crippen LogP contribution >= 0.6 is 0 Å². The van der Waals surface area contributed by atoms with Gasteiger partial charge in [0, 0.05) is 5.92 Å². The van der Waals surface area contributed by atoms with Gasteiger partial charge in [0.15, 0.2) is 5.41 Å². The van der Waals surface area contributed by atoms with Gasteiger partial charge in [-0.05, 0) is 25.8 Å². The van der Waals surface area contributed by atoms with Crippen LogP contribution in [0.5, 0.6) is 0 Å². The molecule has 3 atom stereocenters. The molecule has 0 N–H and O–H groups in total. The Morgan fingerprint density at radius 2 is 1.96 bits per heavy atom. The minimum atomic E-state index is -1.41. The van der Waals surface area contributed by atoms with Crippen LogP contribution in [0, 0.1) is 11.3 Å². The zero-order valence-electron chi connectivity index (χ0n) is 14.8. The molecule has 1 aliphatic heterocycles. The van der Waals surface area contributed by atoms with E-state index in [-0.39, 0.29) is 30.6 Å². The molecule has 0 fully saturated rings. The molecule has 0 spiro atoms. The lowest BCUT2D eigenvalue weighted by Gasteiger charge is -2.45. The Kier molecular flexibility index (Phi) is 4.50. The van der Waals surface area contributed by atoms with Gasteiger partial charge in [0.25, 0.3) is 5.90 Å². The molecular weight excluding hydrogens is 318 g/mol. The Hall–Kier alpha value is -2.43. The molecule has 1 unspecified atom stereocenters. The molecule has 0 saturated heterocycles. The zero-order valence-corrected chi connectivity index (χ0v) is 14.8. The van der Waals surface area contributed by atoms with Crippen molar-refractivity contribution in [3.8, 4) is 0 Å². The number of carbonyl (C=O) groups is 2. The lowest BCUT2D eigenvalue weighted by Crippen LogP contribution is -2.56. The highest BCUT2D eigenvalue weighted by Crippen LogP contribution is 2.58. The molecule has 0 amide bonds. The van der Waals surface area contributed by atoms with Crippen LogP contribution in [0.2, 0.25) is 0 Å². The van der Waals surface area contributed by atoms with Crippen LogP contribution in [0.4, 0.5) is 0 Å². The maximum Gasteiger partial charge on any atom is 0.323 e. The van der Waals surface area contributed by atoms with Gasteiger partial charge in [-0.15, -0.1) is 0 Å². The zero-order chi connectivity index (χ0) is 18.1. The van der Waals surface area contributed by atoms with Gasteiger partial charge in [-0.2, -0.15) is 0 Å². The number of ketones is 1. The van der Waals surface area contributed by atoms with E-state index in [1.165, 1.54) is 0 Å². The van der Waals surface area contributed by atoms with Crippen LogP contribution < -0.4 is 0 Å². The molecule has 3 rings (SSSR count). The number of hydrogen-bond acceptors (Lipinski definition) is 5. The topological polar surface area (TPSA) is 65.0 Å². The van der Waals surface area contributed by atoms with Crippen LogP contribution in [0.15, 0.2) is 47.5 Å². The molecule has 25 heavy (non-hydrogen) atoms. The van der Waals surface area contributed by atoms with Crippen molar-refractivity contribution in [2.75, 3.05) is 13.2 Å². The lowest BCUT2D eigenvalue weighted by molar-refractivity contribution is -0.164. The molecule has 2 aliphatic rings. The fourth-order valence-electron chi connectivity index (χ4n) is 4.08. The first kappa shape index (κ1) is 17.4. The van der Waals surface area contributed by atoms with E-state index in [9.17, 15) is 9.59 Å². The molecule has 5 heteroatoms. The molecule has 0 radical (unpaired) electrons. The van der Waals surface area contributed by atoms with E-state index in [1.807, 2.05) is 49.4 Å². The van der Waals surface area contributed by atoms with Crippen LogP contribution in [-0.2, 0) is 24.6 Å². The SMILES string of the molecule is CCOC(=O)[C@]12CC=CC(C)[C@@]1(c1ccccc1)N=C(OCC)C2=O. The van der Waals surface area contributed by atoms with Crippen molar-refractivity contribution in [2.24, 2.45) is 16.3 Å². The third-order valence-corrected chi connectivity index (χ3v) is 5.14. The molecule has 1 heterocycles. The van der Waals surface area contributed by atoms with Gasteiger partial charge in [0.05, 0.1) is 13.2 Å². The maximum absolute atomic E-state index is 13.3. The summed E-state index contributed by atoms with van der Waals surface area (Å²) in [5, 5.41) is 0. The average molecular weight is 341 g/mol. The number of esters is 1. The highest BCUT2D eigenvalue weighted by Gasteiger charge is 2.71. The number of nitrogens with zero attached hydrogens (tertiary/aromatic N) is 1. The second-order valence-corrected chi connectivity index (χ2v) is 6.36. The lowest BCUT2D eigenvalue weighted by atomic mass is 9.56. The third kappa shape index (κ3) is 2.25. The fourth-order valence-corrected chi connectivity index (χ4v) is 4.08. The largest absolute Gasteiger partial charge is 0.476 e. The molecule has 1 aromatic rings. The monoisotopic (exact) mass is 341 g/mol. The van der Waals surface area contributed by atoms with Crippen LogP contribution in [0.3, 0.4) is 0 Å². The summed E-state index contributed by atoms with van der Waals surface area (Å²) in [6, 6.07) is 9.51. The Morgan fingerprint density at radius 1 is 1.24 bits per heavy atom. The smallest absolute Gasteiger partial charge is 0.323 e. The van der Waals surface area contributed by atoms with Crippen molar-refractivity contribution < 1.29 is 19.1 Å². The molecular formula is C20H23NO4. The van der Waals surface area contributed by atoms with E-state index in [1.54, 1.807) is 13.8 Å². The molecule has 132 valence electrons. The Balaban J connectivity index is 2.30. The second-order valence-electron chi connectivity index (χ2n) is 6.36. The van der Waals surface area contributed by atoms with Gasteiger partial charge in [-0.3, -0.25) is 9.59 Å². The predicted octanol–water partition coefficient (Wildman–Crippen LogP) is 3.05. The first-order chi connectivity index (χ1) is 12.0. The van der Waals surface area contributed by atoms with Crippen molar-refractivity contribution in [3.63, 3.8) is 0 Å². The molecule has 0 aromatic heterocycles. The third-order valence-electron chi connectivity index (χ3n) is 5.14. The minimum absolute atomic E-state index is 0.0231. The van der Waals surface area contributed by atoms with Gasteiger partial charge in [0.2, 0.25) is 5.78 Å². The van der Waals surface area contributed by atoms with Gasteiger partial charge >= 0.3 is 5.97 Å². The van der Waals surface area contributed by atoms with E-state index in [4.69, 9.17) is 14.5 Å². The Labute approximate surface area is 147 Å². The predicted molar refractivity (Wildman–Crippen MR) is 94.2 cm³/mol. The first-order valence-corrected chi connectivity index (χ1v) is 8.71. The summed E-state index contributed by atoms with van der Waals surface area (Å²) >= 11 is 0. The number of allylic oxidation sites excluding steroid dienone is 1. The minimum Gasteiger partial charge on any atom is -0.476 e. The summed E-state index contributed by atoms with van der Waals surface area (Å²) < 4.78 is 10.9. The molecule has 0 bridgehead atoms. The van der Waals surface area contributed by atoms with Gasteiger partial charge in [-0.25, -0.2) is 4.99 Å². The Morgan fingerprint density at radius 3 is 2.60 bits per heavy atom. The number of Topliss-reactive ketones (excluding diaryl/α,β-unsaturated/α-hetero) is 1. The number of fused-ring (bicyclic) bond motifs is 1. The quantitative estimate of drug-likeness (QED) is 0.480. The molecule has 5 nitrogen and oxygen atoms in total. The number of rotatable bonds is 4. The molecule has 1 aromatic carbocycles. The van der Waals surface area contributed by atoms with E-state index >= 15 is 0 Å². The number of benzene rings is 1. The fraction of sp³-hybridized carbons (Fsp3) is 0.450. The Bertz CT molecular complexity index is 739. The molecule has 1 aliphatic carbocycles. The van der Waals surface area contributed by atoms with Crippen LogP contribution in [-0.4, -0.2) is 30.9 Å². The summed E-state index contributed by atoms with van der Waals surface area (Å²) in [7, 11) is 0. The van der Waals surface area contributed by atoms with Gasteiger partial charge in [-0.1, -0.05) is 49.4 Å². The van der Waals surface area contributed by atoms with Gasteiger partial charge < -0.3 is 9.47 Å². The van der Waals surface area contributed by atoms with Crippen molar-refractivity contribution in [1.29, 1.82) is 0 Å². The number of aliphatic imine (C=N–C) groups is 1. The van der Waals surface area contributed by atoms with Crippen molar-refractivity contribution >= 4 is 17.7 Å². The number of ether oxygens (including phenoxy) is 2. The highest BCUT2D eigenvalue weighted by atomic mass is 16.5. The van der Waals surface area contributed by atoms with E-state index < -0.39 is 16.9 Å². The van der Waals surface area contributed by atoms with Gasteiger partial charge in [0.1, 0.15) is 5.54 Å². The van der Waals surface area contributed by atoms with Crippen molar-refractivity contribution in [1.82, 2.24) is 0 Å². The summed E-state index contributed by atoms with van der Waals surface area (Å²) in [5.41, 5.74) is -1.64. The maximum atomic E-state index is 13.3. The van der Waals surface area contributed by atoms with E-state index in [2.05, 4.69) is 0 Å². The summed E-state index contributed by atoms with van der Waals surface area (Å²) in [6.45, 7) is 6.04. The number of hydrogen-bond donors (Lipinski definition) is 0. The summed E-state index contributed by atoms with van der Waals surface area (Å²) in [6.07, 6.45) is 4.14. The second kappa shape index (κ2) is 6.47. The van der Waals surface area contributed by atoms with E-state index in [0.717, 1.165) is 5.56 Å². The normalized spacial score (nSPS) is 30.6. The van der Waals surface area contributed by atoms with E-state index in [0.29, 0.717) is 6.61 Å². The van der Waals surface area contributed by atoms with Crippen LogP contribution in [0.1, 0.15) is 32.8 Å². The van der Waals surface area contributed by atoms with Crippen molar-refractivity contribution in [2.45, 2.75) is 32.7 Å². The standard InChI is InChI=1S/C20H23NO4/c1-4-24-17-16(22)19(18(23)25-5-2)13-9-10-14(3)20(19,21-17)15-11-7-6-8-12-15/h6-12,14H,4-5,13H2,1-3H3/t14?,19-,20+/m1/s1. The first-order valence-electron chi connectivity index (χ1n) is 8.71. The highest BCUT2D eigenvalue weighted by molar-refractivity contribution is 6.44. The van der Waals surface area contributed by atoms with Crippen LogP contribution in [0.25, 0.3) is 0 Å². The molecule has 0 saturated carbocycles. The average Bonchev–Trinajstić information content (AvgIpc) is 2.89. The summed E-state index contributed by atoms with van der Waals surface area (Å²) in [5.74, 6) is -1.05. The summed E-state index contributed by atoms with van der Waals surface area (Å²) in [4.78, 5) is 31.1. The number of carbonyl (C=O) groups excluding carboxylic acids is 2. The van der Waals surface area contributed by atoms with Crippen molar-refractivity contribution in [3.05, 3.63) is 48.0 Å².